The van der Waals surface area contributed by atoms with Crippen molar-refractivity contribution in [2.45, 2.75) is 58.4 Å². The Hall–Kier alpha value is -3.49. The molecule has 9 heteroatoms. The Morgan fingerprint density at radius 1 is 0.970 bits per heavy atom. The molecule has 33 heavy (non-hydrogen) atoms. The molecule has 0 aliphatic rings. The molecule has 172 valence electrons. The van der Waals surface area contributed by atoms with E-state index in [0.29, 0.717) is 31.0 Å². The van der Waals surface area contributed by atoms with Crippen LogP contribution >= 0.6 is 0 Å². The Morgan fingerprint density at radius 2 is 1.76 bits per heavy atom. The van der Waals surface area contributed by atoms with Crippen molar-refractivity contribution in [1.82, 2.24) is 35.4 Å². The lowest BCUT2D eigenvalue weighted by molar-refractivity contribution is -0.0232. The van der Waals surface area contributed by atoms with Crippen LogP contribution in [0.3, 0.4) is 0 Å². The Morgan fingerprint density at radius 3 is 2.45 bits per heavy atom. The van der Waals surface area contributed by atoms with Gasteiger partial charge in [-0.3, -0.25) is 0 Å². The number of alkyl halides is 2. The minimum absolute atomic E-state index is 0.245. The summed E-state index contributed by atoms with van der Waals surface area (Å²) in [7, 11) is 0. The third kappa shape index (κ3) is 5.47. The van der Waals surface area contributed by atoms with Gasteiger partial charge in [0.25, 0.3) is 0 Å². The SMILES string of the molecule is CCCc1nc(C(F)(F)CCC)nn1Cc1ccc(Cc2cccc(-c3nn[nH]n3)c2)cc1. The molecule has 0 fully saturated rings. The molecular weight excluding hydrogens is 424 g/mol. The predicted octanol–water partition coefficient (Wildman–Crippen LogP) is 4.94. The summed E-state index contributed by atoms with van der Waals surface area (Å²) in [4.78, 5) is 4.17. The normalized spacial score (nSPS) is 11.8. The van der Waals surface area contributed by atoms with Gasteiger partial charge in [0.2, 0.25) is 11.6 Å². The zero-order chi connectivity index (χ0) is 23.3. The van der Waals surface area contributed by atoms with Crippen molar-refractivity contribution in [1.29, 1.82) is 0 Å². The molecule has 4 rings (SSSR count). The van der Waals surface area contributed by atoms with Gasteiger partial charge in [-0.05, 0) is 47.2 Å². The lowest BCUT2D eigenvalue weighted by atomic mass is 10.0. The maximum atomic E-state index is 14.4. The number of tetrazole rings is 1. The first-order valence-corrected chi connectivity index (χ1v) is 11.2. The van der Waals surface area contributed by atoms with E-state index in [1.54, 1.807) is 11.6 Å². The monoisotopic (exact) mass is 451 g/mol. The number of rotatable bonds is 10. The van der Waals surface area contributed by atoms with E-state index in [1.165, 1.54) is 0 Å². The third-order valence-electron chi connectivity index (χ3n) is 5.41. The van der Waals surface area contributed by atoms with Gasteiger partial charge in [-0.15, -0.1) is 15.3 Å². The van der Waals surface area contributed by atoms with E-state index in [-0.39, 0.29) is 12.2 Å². The van der Waals surface area contributed by atoms with Crippen molar-refractivity contribution in [3.05, 3.63) is 76.9 Å². The van der Waals surface area contributed by atoms with Crippen molar-refractivity contribution < 1.29 is 8.78 Å². The van der Waals surface area contributed by atoms with Crippen LogP contribution in [0.4, 0.5) is 8.78 Å². The Balaban J connectivity index is 1.48. The fourth-order valence-corrected chi connectivity index (χ4v) is 3.77. The molecule has 0 spiro atoms. The van der Waals surface area contributed by atoms with E-state index in [9.17, 15) is 8.78 Å². The van der Waals surface area contributed by atoms with Crippen molar-refractivity contribution in [2.75, 3.05) is 0 Å². The van der Waals surface area contributed by atoms with Crippen LogP contribution in [0.1, 0.15) is 61.4 Å². The lowest BCUT2D eigenvalue weighted by Crippen LogP contribution is -2.15. The number of aromatic amines is 1. The summed E-state index contributed by atoms with van der Waals surface area (Å²) in [6, 6.07) is 16.2. The van der Waals surface area contributed by atoms with E-state index in [4.69, 9.17) is 0 Å². The molecule has 0 aliphatic heterocycles. The van der Waals surface area contributed by atoms with Crippen molar-refractivity contribution >= 4 is 0 Å². The largest absolute Gasteiger partial charge is 0.308 e. The zero-order valence-corrected chi connectivity index (χ0v) is 18.8. The lowest BCUT2D eigenvalue weighted by Gasteiger charge is -2.10. The minimum atomic E-state index is -3.00. The molecule has 0 aliphatic carbocycles. The van der Waals surface area contributed by atoms with Gasteiger partial charge >= 0.3 is 5.92 Å². The molecule has 0 bridgehead atoms. The standard InChI is InChI=1S/C24H27F2N7/c1-3-6-21-27-23(24(25,26)13-4-2)30-33(21)16-18-11-9-17(10-12-18)14-19-7-5-8-20(15-19)22-28-31-32-29-22/h5,7-12,15H,3-4,6,13-14,16H2,1-2H3,(H,28,29,31,32). The number of halogens is 2. The van der Waals surface area contributed by atoms with Gasteiger partial charge in [-0.2, -0.15) is 14.0 Å². The number of H-pyrrole nitrogens is 1. The molecule has 0 saturated heterocycles. The van der Waals surface area contributed by atoms with Crippen LogP contribution < -0.4 is 0 Å². The van der Waals surface area contributed by atoms with Crippen LogP contribution in [0.2, 0.25) is 0 Å². The van der Waals surface area contributed by atoms with Crippen LogP contribution in [-0.4, -0.2) is 35.4 Å². The molecule has 0 radical (unpaired) electrons. The van der Waals surface area contributed by atoms with Crippen molar-refractivity contribution in [3.63, 3.8) is 0 Å². The molecule has 4 aromatic rings. The first kappa shape index (κ1) is 22.7. The Kier molecular flexibility index (Phi) is 6.86. The predicted molar refractivity (Wildman–Crippen MR) is 121 cm³/mol. The first-order valence-electron chi connectivity index (χ1n) is 11.2. The van der Waals surface area contributed by atoms with Gasteiger partial charge in [0.05, 0.1) is 6.54 Å². The van der Waals surface area contributed by atoms with E-state index in [0.717, 1.165) is 35.1 Å². The highest BCUT2D eigenvalue weighted by Gasteiger charge is 2.36. The number of hydrogen-bond donors (Lipinski definition) is 1. The molecule has 0 amide bonds. The second kappa shape index (κ2) is 9.97. The van der Waals surface area contributed by atoms with Crippen LogP contribution in [0.5, 0.6) is 0 Å². The van der Waals surface area contributed by atoms with E-state index in [2.05, 4.69) is 48.9 Å². The van der Waals surface area contributed by atoms with Crippen LogP contribution in [0.25, 0.3) is 11.4 Å². The molecule has 0 saturated carbocycles. The number of nitrogens with zero attached hydrogens (tertiary/aromatic N) is 6. The van der Waals surface area contributed by atoms with Gasteiger partial charge in [-0.1, -0.05) is 56.3 Å². The third-order valence-corrected chi connectivity index (χ3v) is 5.41. The summed E-state index contributed by atoms with van der Waals surface area (Å²) in [6.45, 7) is 4.16. The van der Waals surface area contributed by atoms with Gasteiger partial charge < -0.3 is 0 Å². The number of hydrogen-bond acceptors (Lipinski definition) is 5. The van der Waals surface area contributed by atoms with E-state index < -0.39 is 5.92 Å². The fourth-order valence-electron chi connectivity index (χ4n) is 3.77. The summed E-state index contributed by atoms with van der Waals surface area (Å²) in [5.74, 6) is -2.20. The van der Waals surface area contributed by atoms with Gasteiger partial charge in [0.1, 0.15) is 5.82 Å². The number of aromatic nitrogens is 7. The van der Waals surface area contributed by atoms with Gasteiger partial charge in [0, 0.05) is 18.4 Å². The van der Waals surface area contributed by atoms with E-state index >= 15 is 0 Å². The highest BCUT2D eigenvalue weighted by molar-refractivity contribution is 5.55. The van der Waals surface area contributed by atoms with Gasteiger partial charge in [-0.25, -0.2) is 9.67 Å². The van der Waals surface area contributed by atoms with Crippen LogP contribution in [-0.2, 0) is 25.3 Å². The van der Waals surface area contributed by atoms with E-state index in [1.807, 2.05) is 37.3 Å². The fraction of sp³-hybridized carbons (Fsp3) is 0.375. The smallest absolute Gasteiger partial charge is 0.245 e. The molecule has 1 N–H and O–H groups in total. The van der Waals surface area contributed by atoms with Crippen molar-refractivity contribution in [3.8, 4) is 11.4 Å². The summed E-state index contributed by atoms with van der Waals surface area (Å²) in [6.07, 6.45) is 2.32. The molecule has 2 aromatic carbocycles. The molecule has 0 atom stereocenters. The second-order valence-electron chi connectivity index (χ2n) is 8.14. The summed E-state index contributed by atoms with van der Waals surface area (Å²) >= 11 is 0. The molecule has 2 aromatic heterocycles. The number of nitrogens with one attached hydrogen (secondary N) is 1. The summed E-state index contributed by atoms with van der Waals surface area (Å²) in [5.41, 5.74) is 4.18. The average molecular weight is 452 g/mol. The number of aryl methyl sites for hydroxylation is 1. The first-order chi connectivity index (χ1) is 16.0. The molecule has 2 heterocycles. The van der Waals surface area contributed by atoms with Gasteiger partial charge in [0.15, 0.2) is 0 Å². The zero-order valence-electron chi connectivity index (χ0n) is 18.8. The minimum Gasteiger partial charge on any atom is -0.245 e. The number of benzene rings is 2. The average Bonchev–Trinajstić information content (AvgIpc) is 3.47. The van der Waals surface area contributed by atoms with Crippen molar-refractivity contribution in [2.24, 2.45) is 0 Å². The summed E-state index contributed by atoms with van der Waals surface area (Å²) < 4.78 is 30.3. The molecule has 0 unspecified atom stereocenters. The maximum Gasteiger partial charge on any atom is 0.308 e. The maximum absolute atomic E-state index is 14.4. The highest BCUT2D eigenvalue weighted by Crippen LogP contribution is 2.30. The van der Waals surface area contributed by atoms with Crippen LogP contribution in [0.15, 0.2) is 48.5 Å². The van der Waals surface area contributed by atoms with Crippen LogP contribution in [0, 0.1) is 0 Å². The second-order valence-corrected chi connectivity index (χ2v) is 8.14. The highest BCUT2D eigenvalue weighted by atomic mass is 19.3. The Bertz CT molecular complexity index is 1170. The molecular formula is C24H27F2N7. The summed E-state index contributed by atoms with van der Waals surface area (Å²) in [5, 5.41) is 18.3. The Labute approximate surface area is 191 Å². The topological polar surface area (TPSA) is 85.2 Å². The molecule has 7 nitrogen and oxygen atoms in total. The quantitative estimate of drug-likeness (QED) is 0.369.